The topological polar surface area (TPSA) is 49.3 Å². The monoisotopic (exact) mass is 698 g/mol. The third kappa shape index (κ3) is 6.89. The van der Waals surface area contributed by atoms with Crippen molar-refractivity contribution in [2.75, 3.05) is 31.1 Å². The van der Waals surface area contributed by atoms with Crippen LogP contribution in [0.15, 0.2) is 70.9 Å². The van der Waals surface area contributed by atoms with E-state index in [2.05, 4.69) is 78.0 Å². The van der Waals surface area contributed by atoms with Crippen molar-refractivity contribution < 1.29 is 4.79 Å². The molecule has 1 aliphatic carbocycles. The van der Waals surface area contributed by atoms with Crippen LogP contribution in [0.5, 0.6) is 0 Å². The Bertz CT molecular complexity index is 1350. The average Bonchev–Trinajstić information content (AvgIpc) is 3.16. The molecular weight excluding hydrogens is 664 g/mol. The molecule has 2 aromatic heterocycles. The van der Waals surface area contributed by atoms with E-state index in [1.54, 1.807) is 0 Å². The van der Waals surface area contributed by atoms with Gasteiger partial charge in [-0.2, -0.15) is 0 Å². The highest BCUT2D eigenvalue weighted by Gasteiger charge is 2.36. The number of hydrogen-bond acceptors (Lipinski definition) is 4. The zero-order valence-electron chi connectivity index (χ0n) is 23.4. The van der Waals surface area contributed by atoms with Gasteiger partial charge in [0.2, 0.25) is 5.91 Å². The number of benzene rings is 1. The number of carbonyl (C=O) groups is 1. The van der Waals surface area contributed by atoms with Gasteiger partial charge < -0.3 is 9.80 Å². The predicted octanol–water partition coefficient (Wildman–Crippen LogP) is 8.23. The largest absolute Gasteiger partial charge is 0.357 e. The summed E-state index contributed by atoms with van der Waals surface area (Å²) in [5.74, 6) is 2.45. The number of rotatable bonds is 4. The molecule has 8 heteroatoms. The van der Waals surface area contributed by atoms with Crippen LogP contribution >= 0.6 is 43.5 Å². The van der Waals surface area contributed by atoms with E-state index in [9.17, 15) is 4.79 Å². The molecule has 0 bridgehead atoms. The van der Waals surface area contributed by atoms with Crippen molar-refractivity contribution in [2.24, 2.45) is 11.8 Å². The number of piperidine rings is 2. The predicted molar refractivity (Wildman–Crippen MR) is 175 cm³/mol. The van der Waals surface area contributed by atoms with Crippen LogP contribution in [0.3, 0.4) is 0 Å². The molecule has 6 rings (SSSR count). The molecule has 41 heavy (non-hydrogen) atoms. The van der Waals surface area contributed by atoms with Crippen LogP contribution in [0, 0.1) is 11.8 Å². The molecule has 1 aromatic carbocycles. The fourth-order valence-corrected chi connectivity index (χ4v) is 8.29. The normalized spacial score (nSPS) is 19.4. The second-order valence-corrected chi connectivity index (χ2v) is 13.4. The number of nitrogens with zero attached hydrogens (tertiary/aromatic N) is 4. The smallest absolute Gasteiger partial charge is 0.222 e. The number of pyridine rings is 2. The van der Waals surface area contributed by atoms with Gasteiger partial charge in [0.15, 0.2) is 0 Å². The first-order valence-electron chi connectivity index (χ1n) is 14.5. The molecule has 1 unspecified atom stereocenters. The van der Waals surface area contributed by atoms with Gasteiger partial charge in [0, 0.05) is 64.9 Å². The van der Waals surface area contributed by atoms with Crippen LogP contribution in [0.4, 0.5) is 5.82 Å². The van der Waals surface area contributed by atoms with Crippen molar-refractivity contribution in [3.05, 3.63) is 98.3 Å². The van der Waals surface area contributed by atoms with Gasteiger partial charge in [0.25, 0.3) is 0 Å². The maximum absolute atomic E-state index is 13.3. The lowest BCUT2D eigenvalue weighted by atomic mass is 9.76. The van der Waals surface area contributed by atoms with Gasteiger partial charge in [0.05, 0.1) is 5.69 Å². The molecule has 0 radical (unpaired) electrons. The van der Waals surface area contributed by atoms with E-state index in [0.717, 1.165) is 84.5 Å². The summed E-state index contributed by atoms with van der Waals surface area (Å²) in [6, 6.07) is 12.4. The maximum atomic E-state index is 13.3. The second kappa shape index (κ2) is 13.8. The van der Waals surface area contributed by atoms with Gasteiger partial charge in [-0.15, -0.1) is 13.2 Å². The lowest BCUT2D eigenvalue weighted by Gasteiger charge is -2.38. The van der Waals surface area contributed by atoms with Crippen LogP contribution in [-0.4, -0.2) is 47.0 Å². The third-order valence-corrected chi connectivity index (χ3v) is 10.1. The van der Waals surface area contributed by atoms with Gasteiger partial charge in [-0.25, -0.2) is 4.98 Å². The van der Waals surface area contributed by atoms with Crippen molar-refractivity contribution in [3.63, 3.8) is 0 Å². The Morgan fingerprint density at radius 2 is 1.68 bits per heavy atom. The van der Waals surface area contributed by atoms with Gasteiger partial charge >= 0.3 is 0 Å². The lowest BCUT2D eigenvalue weighted by Crippen LogP contribution is -2.42. The van der Waals surface area contributed by atoms with E-state index < -0.39 is 0 Å². The average molecular weight is 701 g/mol. The summed E-state index contributed by atoms with van der Waals surface area (Å²) < 4.78 is 2.09. The van der Waals surface area contributed by atoms with Crippen LogP contribution in [0.1, 0.15) is 60.4 Å². The number of likely N-dealkylation sites (tertiary alicyclic amines) is 1. The van der Waals surface area contributed by atoms with Gasteiger partial charge in [-0.05, 0) is 113 Å². The number of aryl methyl sites for hydroxylation is 2. The molecule has 2 aliphatic heterocycles. The van der Waals surface area contributed by atoms with Gasteiger partial charge in [0.1, 0.15) is 5.82 Å². The molecule has 1 atom stereocenters. The van der Waals surface area contributed by atoms with E-state index in [1.165, 1.54) is 22.4 Å². The molecule has 0 saturated carbocycles. The molecule has 5 nitrogen and oxygen atoms in total. The van der Waals surface area contributed by atoms with Crippen LogP contribution in [-0.2, 0) is 17.6 Å². The lowest BCUT2D eigenvalue weighted by molar-refractivity contribution is -0.133. The minimum absolute atomic E-state index is 0.199. The minimum atomic E-state index is 0.199. The quantitative estimate of drug-likeness (QED) is 0.258. The van der Waals surface area contributed by atoms with E-state index in [0.29, 0.717) is 24.2 Å². The number of carbonyl (C=O) groups excluding carboxylic acids is 1. The fraction of sp³-hybridized carbons (Fsp3) is 0.424. The maximum Gasteiger partial charge on any atom is 0.222 e. The highest BCUT2D eigenvalue weighted by Crippen LogP contribution is 2.46. The Morgan fingerprint density at radius 1 is 0.951 bits per heavy atom. The Kier molecular flexibility index (Phi) is 10.2. The highest BCUT2D eigenvalue weighted by molar-refractivity contribution is 9.10. The summed E-state index contributed by atoms with van der Waals surface area (Å²) in [6.45, 7) is 9.58. The fourth-order valence-electron chi connectivity index (χ4n) is 6.80. The van der Waals surface area contributed by atoms with Gasteiger partial charge in [-0.1, -0.05) is 33.6 Å². The van der Waals surface area contributed by atoms with E-state index in [1.807, 2.05) is 30.6 Å². The molecule has 2 fully saturated rings. The summed E-state index contributed by atoms with van der Waals surface area (Å²) in [5, 5.41) is 0.769. The van der Waals surface area contributed by atoms with Gasteiger partial charge in [-0.3, -0.25) is 9.78 Å². The molecule has 4 heterocycles. The first-order chi connectivity index (χ1) is 20.0. The van der Waals surface area contributed by atoms with Crippen molar-refractivity contribution in [3.8, 4) is 0 Å². The highest BCUT2D eigenvalue weighted by atomic mass is 79.9. The van der Waals surface area contributed by atoms with Crippen molar-refractivity contribution in [1.29, 1.82) is 0 Å². The number of hydrogen-bond donors (Lipinski definition) is 0. The molecular formula is C33H37Br2ClN4O. The summed E-state index contributed by atoms with van der Waals surface area (Å²) >= 11 is 14.0. The molecule has 0 N–H and O–H groups in total. The number of aromatic nitrogens is 2. The third-order valence-electron chi connectivity index (χ3n) is 8.83. The Labute approximate surface area is 265 Å². The van der Waals surface area contributed by atoms with Crippen molar-refractivity contribution in [1.82, 2.24) is 14.9 Å². The number of halogens is 3. The molecule has 3 aliphatic rings. The summed E-state index contributed by atoms with van der Waals surface area (Å²) in [5.41, 5.74) is 5.13. The Hall–Kier alpha value is -2.22. The number of anilines is 1. The molecule has 3 aromatic rings. The molecule has 2 saturated heterocycles. The Morgan fingerprint density at radius 3 is 2.39 bits per heavy atom. The van der Waals surface area contributed by atoms with E-state index in [4.69, 9.17) is 16.6 Å². The standard InChI is InChI=1S/C31H33Br2ClN4O.C2H4/c32-24-16-23-5-4-22-17-25(34)18-26(33)29(22)30(31(23)36-19-24)21-8-13-38(14-9-21)28(39)15-20-6-11-37(12-7-20)27-3-1-2-10-35-27;1-2/h1-3,10,16-21,30H,4-9,11-15H2;1-2H2. The molecule has 1 amide bonds. The van der Waals surface area contributed by atoms with Crippen LogP contribution in [0.25, 0.3) is 0 Å². The summed E-state index contributed by atoms with van der Waals surface area (Å²) in [6.07, 6.45) is 10.4. The zero-order valence-corrected chi connectivity index (χ0v) is 27.3. The molecule has 216 valence electrons. The second-order valence-electron chi connectivity index (χ2n) is 11.2. The SMILES string of the molecule is C=C.O=C(CC1CCN(c2ccccn2)CC1)N1CCC(C2c3ncc(Br)cc3CCc3cc(Cl)cc(Br)c32)CC1. The van der Waals surface area contributed by atoms with Crippen molar-refractivity contribution >= 4 is 55.2 Å². The van der Waals surface area contributed by atoms with Crippen molar-refractivity contribution in [2.45, 2.75) is 50.9 Å². The summed E-state index contributed by atoms with van der Waals surface area (Å²) in [7, 11) is 0. The first kappa shape index (κ1) is 30.2. The number of amides is 1. The minimum Gasteiger partial charge on any atom is -0.357 e. The Balaban J connectivity index is 0.00000165. The van der Waals surface area contributed by atoms with E-state index in [-0.39, 0.29) is 5.92 Å². The number of fused-ring (bicyclic) bond motifs is 2. The van der Waals surface area contributed by atoms with Crippen LogP contribution in [0.2, 0.25) is 5.02 Å². The van der Waals surface area contributed by atoms with Crippen LogP contribution < -0.4 is 4.90 Å². The summed E-state index contributed by atoms with van der Waals surface area (Å²) in [4.78, 5) is 27.3. The molecule has 0 spiro atoms. The zero-order chi connectivity index (χ0) is 28.9. The first-order valence-corrected chi connectivity index (χ1v) is 16.5. The van der Waals surface area contributed by atoms with E-state index >= 15 is 0 Å².